The van der Waals surface area contributed by atoms with E-state index in [-0.39, 0.29) is 17.5 Å². The average molecular weight is 264 g/mol. The second kappa shape index (κ2) is 4.42. The van der Waals surface area contributed by atoms with E-state index in [0.29, 0.717) is 13.1 Å². The Kier molecular flexibility index (Phi) is 2.73. The standard InChI is InChI=1S/C12H10F2N4O/c13-10-2-1-8(5-11(10)14)12(19)17-6-9(7-17)18-4-3-15-16-18/h1-5,9H,6-7H2. The summed E-state index contributed by atoms with van der Waals surface area (Å²) in [6.07, 6.45) is 3.30. The molecule has 1 aliphatic rings. The molecule has 7 heteroatoms. The van der Waals surface area contributed by atoms with Crippen molar-refractivity contribution in [3.8, 4) is 0 Å². The summed E-state index contributed by atoms with van der Waals surface area (Å²) in [6, 6.07) is 3.25. The number of likely N-dealkylation sites (tertiary alicyclic amines) is 1. The number of hydrogen-bond donors (Lipinski definition) is 0. The molecule has 0 unspecified atom stereocenters. The topological polar surface area (TPSA) is 51.0 Å². The van der Waals surface area contributed by atoms with Crippen LogP contribution in [-0.4, -0.2) is 38.9 Å². The summed E-state index contributed by atoms with van der Waals surface area (Å²) in [4.78, 5) is 13.6. The Balaban J connectivity index is 1.68. The number of halogens is 2. The molecular weight excluding hydrogens is 254 g/mol. The first kappa shape index (κ1) is 11.8. The third-order valence-corrected chi connectivity index (χ3v) is 3.13. The minimum absolute atomic E-state index is 0.0942. The summed E-state index contributed by atoms with van der Waals surface area (Å²) < 4.78 is 27.5. The van der Waals surface area contributed by atoms with Gasteiger partial charge in [-0.1, -0.05) is 5.21 Å². The highest BCUT2D eigenvalue weighted by molar-refractivity contribution is 5.94. The highest BCUT2D eigenvalue weighted by atomic mass is 19.2. The van der Waals surface area contributed by atoms with E-state index in [4.69, 9.17) is 0 Å². The highest BCUT2D eigenvalue weighted by Gasteiger charge is 2.33. The molecule has 0 bridgehead atoms. The Morgan fingerprint density at radius 1 is 1.26 bits per heavy atom. The first-order chi connectivity index (χ1) is 9.15. The van der Waals surface area contributed by atoms with Gasteiger partial charge in [0.2, 0.25) is 0 Å². The summed E-state index contributed by atoms with van der Waals surface area (Å²) in [5.41, 5.74) is 0.149. The maximum absolute atomic E-state index is 13.1. The van der Waals surface area contributed by atoms with Crippen LogP contribution in [0.1, 0.15) is 16.4 Å². The third-order valence-electron chi connectivity index (χ3n) is 3.13. The summed E-state index contributed by atoms with van der Waals surface area (Å²) >= 11 is 0. The number of nitrogens with zero attached hydrogens (tertiary/aromatic N) is 4. The van der Waals surface area contributed by atoms with Gasteiger partial charge in [0, 0.05) is 24.8 Å². The van der Waals surface area contributed by atoms with Crippen LogP contribution in [0.15, 0.2) is 30.6 Å². The molecule has 2 aromatic rings. The lowest BCUT2D eigenvalue weighted by atomic mass is 10.1. The van der Waals surface area contributed by atoms with Crippen LogP contribution in [0.5, 0.6) is 0 Å². The van der Waals surface area contributed by atoms with Gasteiger partial charge in [-0.15, -0.1) is 5.10 Å². The zero-order valence-corrected chi connectivity index (χ0v) is 9.83. The Morgan fingerprint density at radius 3 is 2.68 bits per heavy atom. The van der Waals surface area contributed by atoms with Crippen LogP contribution < -0.4 is 0 Å². The van der Waals surface area contributed by atoms with Gasteiger partial charge in [0.1, 0.15) is 0 Å². The van der Waals surface area contributed by atoms with Crippen molar-refractivity contribution >= 4 is 5.91 Å². The molecule has 5 nitrogen and oxygen atoms in total. The Hall–Kier alpha value is -2.31. The van der Waals surface area contributed by atoms with Gasteiger partial charge in [-0.05, 0) is 18.2 Å². The number of rotatable bonds is 2. The van der Waals surface area contributed by atoms with Crippen LogP contribution in [-0.2, 0) is 0 Å². The number of carbonyl (C=O) groups excluding carboxylic acids is 1. The average Bonchev–Trinajstić information content (AvgIpc) is 2.84. The summed E-state index contributed by atoms with van der Waals surface area (Å²) in [5, 5.41) is 7.54. The van der Waals surface area contributed by atoms with Crippen LogP contribution in [0.4, 0.5) is 8.78 Å². The molecule has 1 saturated heterocycles. The van der Waals surface area contributed by atoms with Crippen LogP contribution in [0.3, 0.4) is 0 Å². The number of amides is 1. The number of benzene rings is 1. The van der Waals surface area contributed by atoms with Crippen molar-refractivity contribution in [2.45, 2.75) is 6.04 Å². The number of aromatic nitrogens is 3. The Labute approximate surface area is 107 Å². The minimum atomic E-state index is -1.01. The van der Waals surface area contributed by atoms with E-state index in [0.717, 1.165) is 12.1 Å². The second-order valence-electron chi connectivity index (χ2n) is 4.38. The molecule has 1 aromatic carbocycles. The van der Waals surface area contributed by atoms with Crippen molar-refractivity contribution in [1.29, 1.82) is 0 Å². The zero-order valence-electron chi connectivity index (χ0n) is 9.83. The van der Waals surface area contributed by atoms with Gasteiger partial charge < -0.3 is 4.90 Å². The van der Waals surface area contributed by atoms with Crippen molar-refractivity contribution in [3.05, 3.63) is 47.8 Å². The van der Waals surface area contributed by atoms with Crippen molar-refractivity contribution in [2.75, 3.05) is 13.1 Å². The molecule has 1 aliphatic heterocycles. The SMILES string of the molecule is O=C(c1ccc(F)c(F)c1)N1CC(n2ccnn2)C1. The molecule has 98 valence electrons. The first-order valence-corrected chi connectivity index (χ1v) is 5.75. The Morgan fingerprint density at radius 2 is 2.05 bits per heavy atom. The van der Waals surface area contributed by atoms with Gasteiger partial charge in [0.15, 0.2) is 11.6 Å². The van der Waals surface area contributed by atoms with Crippen molar-refractivity contribution in [3.63, 3.8) is 0 Å². The van der Waals surface area contributed by atoms with Gasteiger partial charge in [0.25, 0.3) is 5.91 Å². The summed E-state index contributed by atoms with van der Waals surface area (Å²) in [6.45, 7) is 0.975. The molecule has 1 amide bonds. The summed E-state index contributed by atoms with van der Waals surface area (Å²) in [7, 11) is 0. The van der Waals surface area contributed by atoms with E-state index in [2.05, 4.69) is 10.3 Å². The molecule has 0 aliphatic carbocycles. The smallest absolute Gasteiger partial charge is 0.254 e. The molecule has 1 fully saturated rings. The zero-order chi connectivity index (χ0) is 13.4. The minimum Gasteiger partial charge on any atom is -0.334 e. The lowest BCUT2D eigenvalue weighted by molar-refractivity contribution is 0.0498. The highest BCUT2D eigenvalue weighted by Crippen LogP contribution is 2.22. The second-order valence-corrected chi connectivity index (χ2v) is 4.38. The Bertz CT molecular complexity index is 608. The quantitative estimate of drug-likeness (QED) is 0.820. The molecule has 2 heterocycles. The maximum atomic E-state index is 13.1. The van der Waals surface area contributed by atoms with E-state index in [1.165, 1.54) is 6.07 Å². The largest absolute Gasteiger partial charge is 0.334 e. The number of carbonyl (C=O) groups is 1. The lowest BCUT2D eigenvalue weighted by Crippen LogP contribution is -2.50. The lowest BCUT2D eigenvalue weighted by Gasteiger charge is -2.38. The van der Waals surface area contributed by atoms with Gasteiger partial charge >= 0.3 is 0 Å². The van der Waals surface area contributed by atoms with Crippen LogP contribution in [0.25, 0.3) is 0 Å². The third kappa shape index (κ3) is 2.07. The monoisotopic (exact) mass is 264 g/mol. The molecule has 19 heavy (non-hydrogen) atoms. The fourth-order valence-corrected chi connectivity index (χ4v) is 2.01. The van der Waals surface area contributed by atoms with Crippen LogP contribution >= 0.6 is 0 Å². The van der Waals surface area contributed by atoms with E-state index >= 15 is 0 Å². The van der Waals surface area contributed by atoms with E-state index < -0.39 is 11.6 Å². The molecule has 0 spiro atoms. The predicted octanol–water partition coefficient (Wildman–Crippen LogP) is 1.25. The molecule has 3 rings (SSSR count). The molecule has 0 atom stereocenters. The van der Waals surface area contributed by atoms with Crippen molar-refractivity contribution in [1.82, 2.24) is 19.9 Å². The molecule has 0 radical (unpaired) electrons. The van der Waals surface area contributed by atoms with Crippen LogP contribution in [0.2, 0.25) is 0 Å². The molecule has 0 N–H and O–H groups in total. The van der Waals surface area contributed by atoms with Gasteiger partial charge in [-0.25, -0.2) is 13.5 Å². The molecule has 0 saturated carbocycles. The van der Waals surface area contributed by atoms with Crippen molar-refractivity contribution < 1.29 is 13.6 Å². The number of hydrogen-bond acceptors (Lipinski definition) is 3. The summed E-state index contributed by atoms with van der Waals surface area (Å²) in [5.74, 6) is -2.28. The van der Waals surface area contributed by atoms with Crippen molar-refractivity contribution in [2.24, 2.45) is 0 Å². The van der Waals surface area contributed by atoms with E-state index in [9.17, 15) is 13.6 Å². The molecule has 1 aromatic heterocycles. The maximum Gasteiger partial charge on any atom is 0.254 e. The van der Waals surface area contributed by atoms with Gasteiger partial charge in [-0.3, -0.25) is 4.79 Å². The fraction of sp³-hybridized carbons (Fsp3) is 0.250. The van der Waals surface area contributed by atoms with E-state index in [1.807, 2.05) is 0 Å². The van der Waals surface area contributed by atoms with Gasteiger partial charge in [-0.2, -0.15) is 0 Å². The predicted molar refractivity (Wildman–Crippen MR) is 61.3 cm³/mol. The van der Waals surface area contributed by atoms with Gasteiger partial charge in [0.05, 0.1) is 12.2 Å². The normalized spacial score (nSPS) is 15.4. The van der Waals surface area contributed by atoms with E-state index in [1.54, 1.807) is 22.0 Å². The van der Waals surface area contributed by atoms with Crippen LogP contribution in [0, 0.1) is 11.6 Å². The fourth-order valence-electron chi connectivity index (χ4n) is 2.01. The first-order valence-electron chi connectivity index (χ1n) is 5.75. The molecular formula is C12H10F2N4O.